The van der Waals surface area contributed by atoms with Gasteiger partial charge in [0, 0.05) is 24.0 Å². The monoisotopic (exact) mass is 230 g/mol. The Kier molecular flexibility index (Phi) is 3.09. The van der Waals surface area contributed by atoms with Crippen LogP contribution >= 0.6 is 0 Å². The summed E-state index contributed by atoms with van der Waals surface area (Å²) in [5.74, 6) is -0.165. The van der Waals surface area contributed by atoms with Crippen molar-refractivity contribution in [2.75, 3.05) is 5.73 Å². The number of hydrogen-bond donors (Lipinski definition) is 3. The van der Waals surface area contributed by atoms with Gasteiger partial charge in [0.2, 0.25) is 0 Å². The second kappa shape index (κ2) is 4.69. The molecule has 1 heterocycles. The molecular weight excluding hydrogens is 216 g/mol. The molecule has 0 spiro atoms. The third-order valence-corrected chi connectivity index (χ3v) is 2.54. The van der Waals surface area contributed by atoms with Crippen molar-refractivity contribution in [3.8, 4) is 0 Å². The molecule has 0 saturated heterocycles. The van der Waals surface area contributed by atoms with Gasteiger partial charge in [-0.05, 0) is 18.6 Å². The van der Waals surface area contributed by atoms with E-state index in [4.69, 9.17) is 5.73 Å². The van der Waals surface area contributed by atoms with Crippen molar-refractivity contribution < 1.29 is 4.79 Å². The number of nitrogens with one attached hydrogen (secondary N) is 2. The lowest BCUT2D eigenvalue weighted by Crippen LogP contribution is -2.24. The zero-order chi connectivity index (χ0) is 12.3. The van der Waals surface area contributed by atoms with Crippen LogP contribution in [0.4, 0.5) is 5.69 Å². The summed E-state index contributed by atoms with van der Waals surface area (Å²) in [6, 6.07) is 5.42. The maximum atomic E-state index is 12.0. The van der Waals surface area contributed by atoms with Gasteiger partial charge in [0.05, 0.1) is 11.8 Å². The highest BCUT2D eigenvalue weighted by molar-refractivity contribution is 6.00. The molecule has 5 heteroatoms. The van der Waals surface area contributed by atoms with E-state index in [2.05, 4.69) is 15.5 Å². The molecule has 1 aromatic carbocycles. The number of aromatic nitrogens is 2. The molecule has 0 unspecified atom stereocenters. The highest BCUT2D eigenvalue weighted by atomic mass is 16.1. The van der Waals surface area contributed by atoms with E-state index in [1.165, 1.54) is 0 Å². The molecule has 1 aromatic heterocycles. The predicted molar refractivity (Wildman–Crippen MR) is 65.3 cm³/mol. The normalized spacial score (nSPS) is 10.2. The molecule has 0 fully saturated rings. The quantitative estimate of drug-likeness (QED) is 0.693. The molecule has 17 heavy (non-hydrogen) atoms. The lowest BCUT2D eigenvalue weighted by Gasteiger charge is -2.09. The summed E-state index contributed by atoms with van der Waals surface area (Å²) in [7, 11) is 0. The molecule has 1 amide bonds. The first-order valence-corrected chi connectivity index (χ1v) is 5.29. The third-order valence-electron chi connectivity index (χ3n) is 2.54. The van der Waals surface area contributed by atoms with Crippen LogP contribution in [0, 0.1) is 6.92 Å². The fourth-order valence-corrected chi connectivity index (χ4v) is 1.65. The molecule has 0 bridgehead atoms. The standard InChI is InChI=1S/C12H14N4O/c1-8-3-2-4-10(13)11(8)12(17)14-5-9-6-15-16-7-9/h2-4,6-7H,5,13H2,1H3,(H,14,17)(H,15,16). The van der Waals surface area contributed by atoms with Crippen molar-refractivity contribution in [1.82, 2.24) is 15.5 Å². The molecule has 5 nitrogen and oxygen atoms in total. The minimum absolute atomic E-state index is 0.165. The predicted octanol–water partition coefficient (Wildman–Crippen LogP) is 1.23. The van der Waals surface area contributed by atoms with Crippen LogP contribution in [0.3, 0.4) is 0 Å². The number of carbonyl (C=O) groups is 1. The van der Waals surface area contributed by atoms with E-state index in [0.29, 0.717) is 17.8 Å². The highest BCUT2D eigenvalue weighted by Crippen LogP contribution is 2.15. The van der Waals surface area contributed by atoms with E-state index in [-0.39, 0.29) is 5.91 Å². The van der Waals surface area contributed by atoms with Gasteiger partial charge in [-0.15, -0.1) is 0 Å². The number of amides is 1. The van der Waals surface area contributed by atoms with E-state index < -0.39 is 0 Å². The lowest BCUT2D eigenvalue weighted by atomic mass is 10.1. The molecular formula is C12H14N4O. The minimum atomic E-state index is -0.165. The van der Waals surface area contributed by atoms with Gasteiger partial charge in [0.1, 0.15) is 0 Å². The van der Waals surface area contributed by atoms with Crippen molar-refractivity contribution in [2.24, 2.45) is 0 Å². The molecule has 88 valence electrons. The Hall–Kier alpha value is -2.30. The van der Waals surface area contributed by atoms with Gasteiger partial charge >= 0.3 is 0 Å². The maximum Gasteiger partial charge on any atom is 0.253 e. The maximum absolute atomic E-state index is 12.0. The number of rotatable bonds is 3. The van der Waals surface area contributed by atoms with Gasteiger partial charge in [0.15, 0.2) is 0 Å². The Morgan fingerprint density at radius 1 is 1.53 bits per heavy atom. The second-order valence-electron chi connectivity index (χ2n) is 3.83. The van der Waals surface area contributed by atoms with Crippen molar-refractivity contribution in [2.45, 2.75) is 13.5 Å². The summed E-state index contributed by atoms with van der Waals surface area (Å²) < 4.78 is 0. The van der Waals surface area contributed by atoms with E-state index in [0.717, 1.165) is 11.1 Å². The summed E-state index contributed by atoms with van der Waals surface area (Å²) in [5.41, 5.74) is 8.62. The van der Waals surface area contributed by atoms with Gasteiger partial charge in [0.25, 0.3) is 5.91 Å². The van der Waals surface area contributed by atoms with Crippen molar-refractivity contribution >= 4 is 11.6 Å². The van der Waals surface area contributed by atoms with Crippen LogP contribution < -0.4 is 11.1 Å². The lowest BCUT2D eigenvalue weighted by molar-refractivity contribution is 0.0951. The largest absolute Gasteiger partial charge is 0.398 e. The van der Waals surface area contributed by atoms with Gasteiger partial charge < -0.3 is 11.1 Å². The Balaban J connectivity index is 2.10. The van der Waals surface area contributed by atoms with Crippen LogP contribution in [-0.2, 0) is 6.54 Å². The Morgan fingerprint density at radius 3 is 3.00 bits per heavy atom. The van der Waals surface area contributed by atoms with E-state index in [1.807, 2.05) is 19.1 Å². The SMILES string of the molecule is Cc1cccc(N)c1C(=O)NCc1cn[nH]c1. The number of nitrogens with zero attached hydrogens (tertiary/aromatic N) is 1. The first-order chi connectivity index (χ1) is 8.18. The van der Waals surface area contributed by atoms with Crippen molar-refractivity contribution in [3.05, 3.63) is 47.3 Å². The topological polar surface area (TPSA) is 83.8 Å². The van der Waals surface area contributed by atoms with E-state index in [9.17, 15) is 4.79 Å². The number of benzene rings is 1. The number of H-pyrrole nitrogens is 1. The van der Waals surface area contributed by atoms with Gasteiger partial charge in [-0.25, -0.2) is 0 Å². The van der Waals surface area contributed by atoms with Crippen LogP contribution in [0.1, 0.15) is 21.5 Å². The van der Waals surface area contributed by atoms with Gasteiger partial charge in [-0.1, -0.05) is 12.1 Å². The van der Waals surface area contributed by atoms with Crippen LogP contribution in [-0.4, -0.2) is 16.1 Å². The Morgan fingerprint density at radius 2 is 2.35 bits per heavy atom. The third kappa shape index (κ3) is 2.44. The average Bonchev–Trinajstić information content (AvgIpc) is 2.79. The first-order valence-electron chi connectivity index (χ1n) is 5.29. The van der Waals surface area contributed by atoms with Crippen LogP contribution in [0.5, 0.6) is 0 Å². The zero-order valence-corrected chi connectivity index (χ0v) is 9.53. The number of nitrogens with two attached hydrogens (primary N) is 1. The highest BCUT2D eigenvalue weighted by Gasteiger charge is 2.11. The number of anilines is 1. The minimum Gasteiger partial charge on any atom is -0.398 e. The summed E-state index contributed by atoms with van der Waals surface area (Å²) in [6.07, 6.45) is 3.41. The van der Waals surface area contributed by atoms with E-state index in [1.54, 1.807) is 18.5 Å². The Labute approximate surface area is 99.0 Å². The summed E-state index contributed by atoms with van der Waals surface area (Å²) in [4.78, 5) is 12.0. The van der Waals surface area contributed by atoms with Crippen LogP contribution in [0.25, 0.3) is 0 Å². The molecule has 0 aliphatic carbocycles. The van der Waals surface area contributed by atoms with Crippen molar-refractivity contribution in [1.29, 1.82) is 0 Å². The first kappa shape index (κ1) is 11.2. The molecule has 2 rings (SSSR count). The fourth-order valence-electron chi connectivity index (χ4n) is 1.65. The molecule has 0 radical (unpaired) electrons. The van der Waals surface area contributed by atoms with Crippen LogP contribution in [0.2, 0.25) is 0 Å². The smallest absolute Gasteiger partial charge is 0.253 e. The van der Waals surface area contributed by atoms with Gasteiger partial charge in [-0.2, -0.15) is 5.10 Å². The average molecular weight is 230 g/mol. The molecule has 0 aliphatic rings. The number of hydrogen-bond acceptors (Lipinski definition) is 3. The number of aryl methyl sites for hydroxylation is 1. The molecule has 2 aromatic rings. The van der Waals surface area contributed by atoms with Crippen molar-refractivity contribution in [3.63, 3.8) is 0 Å². The molecule has 0 aliphatic heterocycles. The van der Waals surface area contributed by atoms with E-state index >= 15 is 0 Å². The van der Waals surface area contributed by atoms with Crippen LogP contribution in [0.15, 0.2) is 30.6 Å². The zero-order valence-electron chi connectivity index (χ0n) is 9.53. The molecule has 0 atom stereocenters. The summed E-state index contributed by atoms with van der Waals surface area (Å²) in [6.45, 7) is 2.30. The Bertz CT molecular complexity index is 499. The number of nitrogen functional groups attached to an aromatic ring is 1. The number of aromatic amines is 1. The summed E-state index contributed by atoms with van der Waals surface area (Å²) in [5, 5.41) is 9.30. The second-order valence-corrected chi connectivity index (χ2v) is 3.83. The fraction of sp³-hybridized carbons (Fsp3) is 0.167. The summed E-state index contributed by atoms with van der Waals surface area (Å²) >= 11 is 0. The molecule has 0 saturated carbocycles. The van der Waals surface area contributed by atoms with Gasteiger partial charge in [-0.3, -0.25) is 9.89 Å². The molecule has 4 N–H and O–H groups in total. The number of carbonyl (C=O) groups excluding carboxylic acids is 1.